The van der Waals surface area contributed by atoms with Crippen LogP contribution in [0, 0.1) is 0 Å². The number of piperidine rings is 1. The minimum atomic E-state index is -4.59. The number of carbonyl (C=O) groups excluding carboxylic acids is 2. The first-order valence-electron chi connectivity index (χ1n) is 8.49. The molecule has 1 fully saturated rings. The van der Waals surface area contributed by atoms with Gasteiger partial charge < -0.3 is 9.80 Å². The van der Waals surface area contributed by atoms with Crippen LogP contribution in [0.2, 0.25) is 0 Å². The Hall–Kier alpha value is -2.05. The minimum Gasteiger partial charge on any atom is -0.338 e. The maximum Gasteiger partial charge on any atom is 0.418 e. The van der Waals surface area contributed by atoms with Gasteiger partial charge in [-0.2, -0.15) is 13.2 Å². The molecule has 1 heterocycles. The SMILES string of the molecule is CCC1CCCCN1C(=O)CN(C(C)=O)c1ccccc1C(F)(F)F. The second kappa shape index (κ2) is 7.89. The Morgan fingerprint density at radius 1 is 1.24 bits per heavy atom. The van der Waals surface area contributed by atoms with Crippen LogP contribution in [-0.4, -0.2) is 35.8 Å². The van der Waals surface area contributed by atoms with Gasteiger partial charge in [0.15, 0.2) is 0 Å². The molecule has 0 aliphatic carbocycles. The van der Waals surface area contributed by atoms with Crippen molar-refractivity contribution in [3.05, 3.63) is 29.8 Å². The average Bonchev–Trinajstić information content (AvgIpc) is 2.58. The van der Waals surface area contributed by atoms with E-state index in [-0.39, 0.29) is 24.2 Å². The van der Waals surface area contributed by atoms with Crippen LogP contribution in [0.1, 0.15) is 45.1 Å². The lowest BCUT2D eigenvalue weighted by molar-refractivity contribution is -0.138. The number of hydrogen-bond donors (Lipinski definition) is 0. The Labute approximate surface area is 145 Å². The third-order valence-corrected chi connectivity index (χ3v) is 4.59. The molecule has 1 aliphatic rings. The van der Waals surface area contributed by atoms with E-state index in [0.29, 0.717) is 6.54 Å². The van der Waals surface area contributed by atoms with Gasteiger partial charge in [0.25, 0.3) is 0 Å². The number of halogens is 3. The van der Waals surface area contributed by atoms with E-state index in [1.807, 2.05) is 6.92 Å². The van der Waals surface area contributed by atoms with Gasteiger partial charge in [-0.15, -0.1) is 0 Å². The maximum atomic E-state index is 13.2. The molecule has 0 aromatic heterocycles. The Kier molecular flexibility index (Phi) is 6.08. The molecule has 0 saturated carbocycles. The molecule has 2 amide bonds. The highest BCUT2D eigenvalue weighted by Gasteiger charge is 2.36. The molecular weight excluding hydrogens is 333 g/mol. The summed E-state index contributed by atoms with van der Waals surface area (Å²) in [7, 11) is 0. The van der Waals surface area contributed by atoms with Crippen LogP contribution in [-0.2, 0) is 15.8 Å². The third-order valence-electron chi connectivity index (χ3n) is 4.59. The van der Waals surface area contributed by atoms with E-state index in [9.17, 15) is 22.8 Å². The van der Waals surface area contributed by atoms with Crippen molar-refractivity contribution in [2.24, 2.45) is 0 Å². The molecule has 25 heavy (non-hydrogen) atoms. The molecule has 7 heteroatoms. The van der Waals surface area contributed by atoms with E-state index >= 15 is 0 Å². The minimum absolute atomic E-state index is 0.0907. The lowest BCUT2D eigenvalue weighted by atomic mass is 10.00. The van der Waals surface area contributed by atoms with Crippen LogP contribution in [0.25, 0.3) is 0 Å². The van der Waals surface area contributed by atoms with E-state index in [4.69, 9.17) is 0 Å². The molecule has 1 aliphatic heterocycles. The van der Waals surface area contributed by atoms with Crippen molar-refractivity contribution in [3.63, 3.8) is 0 Å². The number of anilines is 1. The topological polar surface area (TPSA) is 40.6 Å². The zero-order chi connectivity index (χ0) is 18.6. The fourth-order valence-corrected chi connectivity index (χ4v) is 3.29. The summed E-state index contributed by atoms with van der Waals surface area (Å²) in [5, 5.41) is 0. The maximum absolute atomic E-state index is 13.2. The lowest BCUT2D eigenvalue weighted by Crippen LogP contribution is -2.49. The van der Waals surface area contributed by atoms with Crippen LogP contribution < -0.4 is 4.90 Å². The highest BCUT2D eigenvalue weighted by molar-refractivity contribution is 5.98. The molecule has 0 N–H and O–H groups in total. The molecule has 138 valence electrons. The number of nitrogens with zero attached hydrogens (tertiary/aromatic N) is 2. The quantitative estimate of drug-likeness (QED) is 0.822. The number of likely N-dealkylation sites (tertiary alicyclic amines) is 1. The van der Waals surface area contributed by atoms with Crippen LogP contribution in [0.4, 0.5) is 18.9 Å². The van der Waals surface area contributed by atoms with E-state index in [2.05, 4.69) is 0 Å². The van der Waals surface area contributed by atoms with Gasteiger partial charge in [-0.1, -0.05) is 19.1 Å². The van der Waals surface area contributed by atoms with Crippen LogP contribution in [0.15, 0.2) is 24.3 Å². The molecule has 4 nitrogen and oxygen atoms in total. The molecule has 0 radical (unpaired) electrons. The summed E-state index contributed by atoms with van der Waals surface area (Å²) in [6, 6.07) is 4.94. The largest absolute Gasteiger partial charge is 0.418 e. The lowest BCUT2D eigenvalue weighted by Gasteiger charge is -2.36. The summed E-state index contributed by atoms with van der Waals surface area (Å²) < 4.78 is 39.7. The van der Waals surface area contributed by atoms with Crippen LogP contribution >= 0.6 is 0 Å². The first-order chi connectivity index (χ1) is 11.8. The Bertz CT molecular complexity index is 631. The zero-order valence-corrected chi connectivity index (χ0v) is 14.5. The Balaban J connectivity index is 2.28. The summed E-state index contributed by atoms with van der Waals surface area (Å²) in [6.45, 7) is 3.37. The van der Waals surface area contributed by atoms with Crippen molar-refractivity contribution in [1.82, 2.24) is 4.90 Å². The predicted octanol–water partition coefficient (Wildman–Crippen LogP) is 3.85. The summed E-state index contributed by atoms with van der Waals surface area (Å²) in [5.74, 6) is -0.895. The van der Waals surface area contributed by atoms with E-state index in [1.165, 1.54) is 25.1 Å². The Morgan fingerprint density at radius 2 is 1.92 bits per heavy atom. The summed E-state index contributed by atoms with van der Waals surface area (Å²) >= 11 is 0. The first kappa shape index (κ1) is 19.3. The van der Waals surface area contributed by atoms with Gasteiger partial charge in [0, 0.05) is 19.5 Å². The molecule has 1 atom stereocenters. The van der Waals surface area contributed by atoms with Crippen molar-refractivity contribution < 1.29 is 22.8 Å². The molecule has 1 unspecified atom stereocenters. The summed E-state index contributed by atoms with van der Waals surface area (Å²) in [5.41, 5.74) is -1.19. The van der Waals surface area contributed by atoms with E-state index < -0.39 is 17.6 Å². The number of alkyl halides is 3. The molecule has 1 aromatic rings. The molecule has 0 spiro atoms. The van der Waals surface area contributed by atoms with Gasteiger partial charge in [0.2, 0.25) is 11.8 Å². The predicted molar refractivity (Wildman–Crippen MR) is 89.1 cm³/mol. The standard InChI is InChI=1S/C18H23F3N2O2/c1-3-14-8-6-7-11-22(14)17(25)12-23(13(2)24)16-10-5-4-9-15(16)18(19,20)21/h4-5,9-10,14H,3,6-8,11-12H2,1-2H3. The van der Waals surface area contributed by atoms with Gasteiger partial charge in [0.05, 0.1) is 11.3 Å². The smallest absolute Gasteiger partial charge is 0.338 e. The van der Waals surface area contributed by atoms with Crippen molar-refractivity contribution in [2.75, 3.05) is 18.0 Å². The van der Waals surface area contributed by atoms with Crippen molar-refractivity contribution in [1.29, 1.82) is 0 Å². The van der Waals surface area contributed by atoms with Crippen molar-refractivity contribution in [2.45, 2.75) is 51.7 Å². The fourth-order valence-electron chi connectivity index (χ4n) is 3.29. The van der Waals surface area contributed by atoms with E-state index in [0.717, 1.165) is 36.6 Å². The molecular formula is C18H23F3N2O2. The normalized spacial score (nSPS) is 18.1. The van der Waals surface area contributed by atoms with Gasteiger partial charge in [0.1, 0.15) is 6.54 Å². The molecule has 1 aromatic carbocycles. The van der Waals surface area contributed by atoms with Crippen molar-refractivity contribution in [3.8, 4) is 0 Å². The van der Waals surface area contributed by atoms with E-state index in [1.54, 1.807) is 4.90 Å². The molecule has 2 rings (SSSR count). The van der Waals surface area contributed by atoms with Gasteiger partial charge >= 0.3 is 6.18 Å². The number of rotatable bonds is 4. The van der Waals surface area contributed by atoms with Crippen LogP contribution in [0.3, 0.4) is 0 Å². The fraction of sp³-hybridized carbons (Fsp3) is 0.556. The monoisotopic (exact) mass is 356 g/mol. The highest BCUT2D eigenvalue weighted by atomic mass is 19.4. The van der Waals surface area contributed by atoms with Gasteiger partial charge in [-0.05, 0) is 37.8 Å². The highest BCUT2D eigenvalue weighted by Crippen LogP contribution is 2.36. The first-order valence-corrected chi connectivity index (χ1v) is 8.49. The number of amides is 2. The van der Waals surface area contributed by atoms with Crippen LogP contribution in [0.5, 0.6) is 0 Å². The zero-order valence-electron chi connectivity index (χ0n) is 14.5. The van der Waals surface area contributed by atoms with Gasteiger partial charge in [-0.25, -0.2) is 0 Å². The second-order valence-corrected chi connectivity index (χ2v) is 6.27. The Morgan fingerprint density at radius 3 is 2.52 bits per heavy atom. The molecule has 0 bridgehead atoms. The summed E-state index contributed by atoms with van der Waals surface area (Å²) in [4.78, 5) is 27.3. The number of para-hydroxylation sites is 1. The van der Waals surface area contributed by atoms with Crippen molar-refractivity contribution >= 4 is 17.5 Å². The third kappa shape index (κ3) is 4.52. The number of benzene rings is 1. The van der Waals surface area contributed by atoms with Gasteiger partial charge in [-0.3, -0.25) is 9.59 Å². The number of hydrogen-bond acceptors (Lipinski definition) is 2. The molecule has 1 saturated heterocycles. The second-order valence-electron chi connectivity index (χ2n) is 6.27. The number of carbonyl (C=O) groups is 2. The summed E-state index contributed by atoms with van der Waals surface area (Å²) in [6.07, 6.45) is -0.992. The average molecular weight is 356 g/mol.